The Kier molecular flexibility index (Phi) is 20.2. The number of hydrogen-bond acceptors (Lipinski definition) is 1. The summed E-state index contributed by atoms with van der Waals surface area (Å²) in [7, 11) is 0. The maximum atomic E-state index is 10.4. The van der Waals surface area contributed by atoms with E-state index in [0.29, 0.717) is 6.42 Å². The monoisotopic (exact) mass is 418 g/mol. The number of halogens is 1. The van der Waals surface area contributed by atoms with Gasteiger partial charge in [-0.3, -0.25) is 4.79 Å². The molecule has 0 heterocycles. The SMILES string of the molecule is CCCCCCCCC[C@H](Br)CCCCCCCCCCCC(=O)O. The fourth-order valence-electron chi connectivity index (χ4n) is 3.35. The molecule has 0 rings (SSSR count). The molecule has 0 saturated carbocycles. The third kappa shape index (κ3) is 21.9. The van der Waals surface area contributed by atoms with Crippen LogP contribution in [0.25, 0.3) is 0 Å². The highest BCUT2D eigenvalue weighted by Crippen LogP contribution is 2.19. The summed E-state index contributed by atoms with van der Waals surface area (Å²) >= 11 is 3.86. The van der Waals surface area contributed by atoms with Crippen LogP contribution in [-0.4, -0.2) is 15.9 Å². The first-order valence-electron chi connectivity index (χ1n) is 11.0. The summed E-state index contributed by atoms with van der Waals surface area (Å²) in [6.45, 7) is 2.28. The molecule has 2 nitrogen and oxygen atoms in total. The molecule has 0 fully saturated rings. The van der Waals surface area contributed by atoms with E-state index in [-0.39, 0.29) is 0 Å². The zero-order valence-electron chi connectivity index (χ0n) is 16.7. The summed E-state index contributed by atoms with van der Waals surface area (Å²) in [5, 5.41) is 8.57. The van der Waals surface area contributed by atoms with E-state index < -0.39 is 5.97 Å². The zero-order valence-corrected chi connectivity index (χ0v) is 18.3. The largest absolute Gasteiger partial charge is 0.481 e. The predicted octanol–water partition coefficient (Wildman–Crippen LogP) is 8.27. The summed E-state index contributed by atoms with van der Waals surface area (Å²) in [5.41, 5.74) is 0. The van der Waals surface area contributed by atoms with E-state index in [0.717, 1.165) is 17.7 Å². The minimum Gasteiger partial charge on any atom is -0.481 e. The fourth-order valence-corrected chi connectivity index (χ4v) is 3.99. The van der Waals surface area contributed by atoms with E-state index in [9.17, 15) is 4.79 Å². The zero-order chi connectivity index (χ0) is 18.6. The molecular weight excluding hydrogens is 376 g/mol. The second-order valence-electron chi connectivity index (χ2n) is 7.62. The number of carboxylic acids is 1. The minimum absolute atomic E-state index is 0.340. The van der Waals surface area contributed by atoms with E-state index in [1.807, 2.05) is 0 Å². The molecule has 0 aliphatic carbocycles. The van der Waals surface area contributed by atoms with Crippen molar-refractivity contribution in [1.82, 2.24) is 0 Å². The first-order valence-corrected chi connectivity index (χ1v) is 11.9. The van der Waals surface area contributed by atoms with Gasteiger partial charge >= 0.3 is 5.97 Å². The quantitative estimate of drug-likeness (QED) is 0.159. The molecule has 0 aliphatic rings. The molecule has 0 aromatic heterocycles. The van der Waals surface area contributed by atoms with E-state index in [2.05, 4.69) is 22.9 Å². The lowest BCUT2D eigenvalue weighted by Gasteiger charge is -2.09. The fraction of sp³-hybridized carbons (Fsp3) is 0.955. The Morgan fingerprint density at radius 3 is 1.44 bits per heavy atom. The van der Waals surface area contributed by atoms with Gasteiger partial charge in [0.15, 0.2) is 0 Å². The number of unbranched alkanes of at least 4 members (excludes halogenated alkanes) is 14. The van der Waals surface area contributed by atoms with Crippen LogP contribution in [-0.2, 0) is 4.79 Å². The molecule has 1 atom stereocenters. The normalized spacial score (nSPS) is 12.4. The van der Waals surface area contributed by atoms with Gasteiger partial charge in [-0.25, -0.2) is 0 Å². The topological polar surface area (TPSA) is 37.3 Å². The van der Waals surface area contributed by atoms with Gasteiger partial charge < -0.3 is 5.11 Å². The molecule has 0 amide bonds. The number of rotatable bonds is 20. The lowest BCUT2D eigenvalue weighted by atomic mass is 10.0. The van der Waals surface area contributed by atoms with Crippen molar-refractivity contribution in [2.24, 2.45) is 0 Å². The third-order valence-electron chi connectivity index (χ3n) is 5.03. The number of alkyl halides is 1. The summed E-state index contributed by atoms with van der Waals surface area (Å²) < 4.78 is 0. The molecule has 0 aromatic carbocycles. The summed E-state index contributed by atoms with van der Waals surface area (Å²) in [5.74, 6) is -0.655. The van der Waals surface area contributed by atoms with Crippen LogP contribution in [0.5, 0.6) is 0 Å². The van der Waals surface area contributed by atoms with Crippen molar-refractivity contribution < 1.29 is 9.90 Å². The molecule has 0 spiro atoms. The molecule has 0 aromatic rings. The van der Waals surface area contributed by atoms with E-state index in [1.165, 1.54) is 103 Å². The highest BCUT2D eigenvalue weighted by molar-refractivity contribution is 9.09. The van der Waals surface area contributed by atoms with Crippen molar-refractivity contribution in [2.75, 3.05) is 0 Å². The first kappa shape index (κ1) is 24.9. The Morgan fingerprint density at radius 1 is 0.680 bits per heavy atom. The number of carbonyl (C=O) groups is 1. The second-order valence-corrected chi connectivity index (χ2v) is 8.92. The molecule has 0 bridgehead atoms. The highest BCUT2D eigenvalue weighted by atomic mass is 79.9. The highest BCUT2D eigenvalue weighted by Gasteiger charge is 2.03. The molecule has 3 heteroatoms. The van der Waals surface area contributed by atoms with Gasteiger partial charge in [-0.05, 0) is 19.3 Å². The summed E-state index contributed by atoms with van der Waals surface area (Å²) in [6.07, 6.45) is 24.1. The van der Waals surface area contributed by atoms with Crippen LogP contribution in [0, 0.1) is 0 Å². The van der Waals surface area contributed by atoms with Crippen LogP contribution >= 0.6 is 15.9 Å². The molecule has 150 valence electrons. The molecule has 0 radical (unpaired) electrons. The van der Waals surface area contributed by atoms with Crippen molar-refractivity contribution in [2.45, 2.75) is 134 Å². The second kappa shape index (κ2) is 20.3. The maximum absolute atomic E-state index is 10.4. The van der Waals surface area contributed by atoms with Gasteiger partial charge in [0.2, 0.25) is 0 Å². The van der Waals surface area contributed by atoms with E-state index in [1.54, 1.807) is 0 Å². The Bertz CT molecular complexity index is 281. The molecule has 0 aliphatic heterocycles. The predicted molar refractivity (Wildman–Crippen MR) is 114 cm³/mol. The van der Waals surface area contributed by atoms with Crippen LogP contribution in [0.2, 0.25) is 0 Å². The van der Waals surface area contributed by atoms with Gasteiger partial charge in [0.25, 0.3) is 0 Å². The standard InChI is InChI=1S/C22H43BrO2/c1-2-3-4-5-9-12-15-18-21(23)19-16-13-10-7-6-8-11-14-17-20-22(24)25/h21H,2-20H2,1H3,(H,24,25)/t21-/m0/s1. The van der Waals surface area contributed by atoms with Gasteiger partial charge in [-0.2, -0.15) is 0 Å². The molecule has 1 N–H and O–H groups in total. The van der Waals surface area contributed by atoms with Gasteiger partial charge in [-0.1, -0.05) is 119 Å². The van der Waals surface area contributed by atoms with Crippen molar-refractivity contribution in [3.05, 3.63) is 0 Å². The number of hydrogen-bond donors (Lipinski definition) is 1. The van der Waals surface area contributed by atoms with Gasteiger partial charge in [0.05, 0.1) is 0 Å². The average molecular weight is 419 g/mol. The first-order chi connectivity index (χ1) is 12.2. The molecule has 0 unspecified atom stereocenters. The minimum atomic E-state index is -0.655. The van der Waals surface area contributed by atoms with Gasteiger partial charge in [0, 0.05) is 11.2 Å². The maximum Gasteiger partial charge on any atom is 0.303 e. The Morgan fingerprint density at radius 2 is 1.04 bits per heavy atom. The van der Waals surface area contributed by atoms with Crippen LogP contribution in [0.3, 0.4) is 0 Å². The number of carboxylic acid groups (broad SMARTS) is 1. The van der Waals surface area contributed by atoms with Crippen molar-refractivity contribution >= 4 is 21.9 Å². The van der Waals surface area contributed by atoms with Crippen molar-refractivity contribution in [1.29, 1.82) is 0 Å². The van der Waals surface area contributed by atoms with Crippen LogP contribution < -0.4 is 0 Å². The van der Waals surface area contributed by atoms with E-state index in [4.69, 9.17) is 5.11 Å². The van der Waals surface area contributed by atoms with Crippen LogP contribution in [0.4, 0.5) is 0 Å². The Hall–Kier alpha value is -0.0500. The molecular formula is C22H43BrO2. The molecule has 0 saturated heterocycles. The summed E-state index contributed by atoms with van der Waals surface area (Å²) in [6, 6.07) is 0. The smallest absolute Gasteiger partial charge is 0.303 e. The van der Waals surface area contributed by atoms with Gasteiger partial charge in [-0.15, -0.1) is 0 Å². The lowest BCUT2D eigenvalue weighted by molar-refractivity contribution is -0.137. The van der Waals surface area contributed by atoms with Crippen molar-refractivity contribution in [3.8, 4) is 0 Å². The summed E-state index contributed by atoms with van der Waals surface area (Å²) in [4.78, 5) is 11.1. The lowest BCUT2D eigenvalue weighted by Crippen LogP contribution is -1.98. The Balaban J connectivity index is 3.14. The third-order valence-corrected chi connectivity index (χ3v) is 5.94. The van der Waals surface area contributed by atoms with Crippen molar-refractivity contribution in [3.63, 3.8) is 0 Å². The molecule has 25 heavy (non-hydrogen) atoms. The van der Waals surface area contributed by atoms with Gasteiger partial charge in [0.1, 0.15) is 0 Å². The Labute approximate surface area is 165 Å². The van der Waals surface area contributed by atoms with E-state index >= 15 is 0 Å². The van der Waals surface area contributed by atoms with Crippen LogP contribution in [0.15, 0.2) is 0 Å². The average Bonchev–Trinajstić information content (AvgIpc) is 2.58. The number of aliphatic carboxylic acids is 1. The van der Waals surface area contributed by atoms with Crippen LogP contribution in [0.1, 0.15) is 129 Å².